The van der Waals surface area contributed by atoms with Gasteiger partial charge in [0.2, 0.25) is 5.82 Å². The van der Waals surface area contributed by atoms with Crippen molar-refractivity contribution in [2.75, 3.05) is 0 Å². The first kappa shape index (κ1) is 19.0. The zero-order chi connectivity index (χ0) is 20.8. The van der Waals surface area contributed by atoms with Crippen molar-refractivity contribution in [1.29, 1.82) is 0 Å². The van der Waals surface area contributed by atoms with Crippen LogP contribution in [0.1, 0.15) is 16.2 Å². The summed E-state index contributed by atoms with van der Waals surface area (Å²) in [5.74, 6) is -0.467. The van der Waals surface area contributed by atoms with Gasteiger partial charge in [0.25, 0.3) is 0 Å². The monoisotopic (exact) mass is 394 g/mol. The second kappa shape index (κ2) is 8.79. The van der Waals surface area contributed by atoms with Crippen LogP contribution in [0, 0.1) is 0 Å². The first-order chi connectivity index (χ1) is 14.7. The number of benzene rings is 3. The molecule has 0 atom stereocenters. The summed E-state index contributed by atoms with van der Waals surface area (Å²) in [6, 6.07) is 27.8. The third-order valence-electron chi connectivity index (χ3n) is 4.37. The molecule has 1 amide bonds. The van der Waals surface area contributed by atoms with Crippen LogP contribution in [0.5, 0.6) is 5.75 Å². The smallest absolute Gasteiger partial charge is 0.309 e. The van der Waals surface area contributed by atoms with Crippen molar-refractivity contribution in [3.05, 3.63) is 102 Å². The lowest BCUT2D eigenvalue weighted by Gasteiger charge is -2.08. The summed E-state index contributed by atoms with van der Waals surface area (Å²) in [6.07, 6.45) is 1.37. The van der Waals surface area contributed by atoms with E-state index < -0.39 is 5.91 Å². The number of aromatic nitrogens is 2. The van der Waals surface area contributed by atoms with Crippen LogP contribution in [0.2, 0.25) is 0 Å². The van der Waals surface area contributed by atoms with Crippen LogP contribution in [-0.4, -0.2) is 27.2 Å². The summed E-state index contributed by atoms with van der Waals surface area (Å²) in [7, 11) is 0. The SMILES string of the molecule is O=C(N/N=C/c1ccccc1O)c1nc(-c2ccccc2)cc(-c2ccccc2)n1. The lowest BCUT2D eigenvalue weighted by atomic mass is 10.1. The Balaban J connectivity index is 1.66. The van der Waals surface area contributed by atoms with Gasteiger partial charge in [-0.25, -0.2) is 15.4 Å². The highest BCUT2D eigenvalue weighted by Gasteiger charge is 2.14. The fourth-order valence-corrected chi connectivity index (χ4v) is 2.87. The van der Waals surface area contributed by atoms with Crippen LogP contribution in [-0.2, 0) is 0 Å². The molecule has 4 aromatic rings. The largest absolute Gasteiger partial charge is 0.507 e. The van der Waals surface area contributed by atoms with Gasteiger partial charge in [0.15, 0.2) is 0 Å². The van der Waals surface area contributed by atoms with E-state index >= 15 is 0 Å². The first-order valence-corrected chi connectivity index (χ1v) is 9.32. The van der Waals surface area contributed by atoms with E-state index in [2.05, 4.69) is 20.5 Å². The molecule has 1 heterocycles. The van der Waals surface area contributed by atoms with Crippen molar-refractivity contribution < 1.29 is 9.90 Å². The highest BCUT2D eigenvalue weighted by atomic mass is 16.3. The number of nitrogens with one attached hydrogen (secondary N) is 1. The van der Waals surface area contributed by atoms with E-state index in [9.17, 15) is 9.90 Å². The maximum absolute atomic E-state index is 12.7. The van der Waals surface area contributed by atoms with Gasteiger partial charge in [-0.1, -0.05) is 72.8 Å². The quantitative estimate of drug-likeness (QED) is 0.391. The molecule has 0 spiro atoms. The first-order valence-electron chi connectivity index (χ1n) is 9.32. The minimum Gasteiger partial charge on any atom is -0.507 e. The Morgan fingerprint density at radius 3 is 1.90 bits per heavy atom. The second-order valence-corrected chi connectivity index (χ2v) is 6.45. The van der Waals surface area contributed by atoms with Crippen LogP contribution in [0.4, 0.5) is 0 Å². The molecule has 146 valence electrons. The number of rotatable bonds is 5. The van der Waals surface area contributed by atoms with Crippen LogP contribution in [0.25, 0.3) is 22.5 Å². The van der Waals surface area contributed by atoms with Gasteiger partial charge in [-0.05, 0) is 18.2 Å². The Morgan fingerprint density at radius 1 is 0.800 bits per heavy atom. The maximum atomic E-state index is 12.7. The standard InChI is InChI=1S/C24H18N4O2/c29-22-14-8-7-13-19(22)16-25-28-24(30)23-26-20(17-9-3-1-4-10-17)15-21(27-23)18-11-5-2-6-12-18/h1-16,29H,(H,28,30)/b25-16+. The number of aromatic hydroxyl groups is 1. The van der Waals surface area contributed by atoms with Crippen molar-refractivity contribution in [3.8, 4) is 28.3 Å². The molecule has 2 N–H and O–H groups in total. The molecule has 3 aromatic carbocycles. The highest BCUT2D eigenvalue weighted by Crippen LogP contribution is 2.23. The Labute approximate surface area is 173 Å². The van der Waals surface area contributed by atoms with Gasteiger partial charge >= 0.3 is 5.91 Å². The normalized spacial score (nSPS) is 10.8. The van der Waals surface area contributed by atoms with E-state index in [0.29, 0.717) is 17.0 Å². The Kier molecular flexibility index (Phi) is 5.57. The molecule has 0 saturated carbocycles. The van der Waals surface area contributed by atoms with Crippen LogP contribution in [0.15, 0.2) is 96.1 Å². The average molecular weight is 394 g/mol. The average Bonchev–Trinajstić information content (AvgIpc) is 2.81. The number of phenols is 1. The molecule has 0 radical (unpaired) electrons. The van der Waals surface area contributed by atoms with Gasteiger partial charge in [-0.15, -0.1) is 0 Å². The van der Waals surface area contributed by atoms with Gasteiger partial charge in [0, 0.05) is 16.7 Å². The molecule has 0 aliphatic carbocycles. The Bertz CT molecular complexity index is 1130. The summed E-state index contributed by atoms with van der Waals surface area (Å²) in [5, 5.41) is 13.7. The van der Waals surface area contributed by atoms with E-state index in [1.165, 1.54) is 6.21 Å². The molecule has 1 aromatic heterocycles. The zero-order valence-corrected chi connectivity index (χ0v) is 15.9. The molecule has 0 fully saturated rings. The molecular formula is C24H18N4O2. The van der Waals surface area contributed by atoms with E-state index in [1.807, 2.05) is 66.7 Å². The molecule has 0 aliphatic heterocycles. The van der Waals surface area contributed by atoms with Crippen LogP contribution < -0.4 is 5.43 Å². The minimum absolute atomic E-state index is 0.00430. The van der Waals surface area contributed by atoms with Gasteiger partial charge in [-0.2, -0.15) is 5.10 Å². The summed E-state index contributed by atoms with van der Waals surface area (Å²) >= 11 is 0. The summed E-state index contributed by atoms with van der Waals surface area (Å²) in [5.41, 5.74) is 5.95. The summed E-state index contributed by atoms with van der Waals surface area (Å²) < 4.78 is 0. The van der Waals surface area contributed by atoms with Crippen molar-refractivity contribution in [2.45, 2.75) is 0 Å². The fraction of sp³-hybridized carbons (Fsp3) is 0. The molecule has 0 saturated heterocycles. The van der Waals surface area contributed by atoms with E-state index in [4.69, 9.17) is 0 Å². The number of nitrogens with zero attached hydrogens (tertiary/aromatic N) is 3. The third kappa shape index (κ3) is 4.39. The maximum Gasteiger partial charge on any atom is 0.309 e. The number of hydrogen-bond donors (Lipinski definition) is 2. The highest BCUT2D eigenvalue weighted by molar-refractivity contribution is 5.93. The number of phenolic OH excluding ortho intramolecular Hbond substituents is 1. The molecule has 4 rings (SSSR count). The lowest BCUT2D eigenvalue weighted by molar-refractivity contribution is 0.0945. The molecule has 6 nitrogen and oxygen atoms in total. The molecular weight excluding hydrogens is 376 g/mol. The number of hydrazone groups is 1. The van der Waals surface area contributed by atoms with Gasteiger partial charge in [-0.3, -0.25) is 4.79 Å². The van der Waals surface area contributed by atoms with E-state index in [1.54, 1.807) is 24.3 Å². The van der Waals surface area contributed by atoms with Gasteiger partial charge < -0.3 is 5.11 Å². The van der Waals surface area contributed by atoms with Crippen LogP contribution >= 0.6 is 0 Å². The van der Waals surface area contributed by atoms with E-state index in [0.717, 1.165) is 11.1 Å². The Hall–Kier alpha value is -4.32. The van der Waals surface area contributed by atoms with Crippen molar-refractivity contribution in [1.82, 2.24) is 15.4 Å². The molecule has 30 heavy (non-hydrogen) atoms. The van der Waals surface area contributed by atoms with Crippen molar-refractivity contribution in [3.63, 3.8) is 0 Å². The molecule has 6 heteroatoms. The van der Waals surface area contributed by atoms with Crippen LogP contribution in [0.3, 0.4) is 0 Å². The van der Waals surface area contributed by atoms with E-state index in [-0.39, 0.29) is 11.6 Å². The zero-order valence-electron chi connectivity index (χ0n) is 15.9. The third-order valence-corrected chi connectivity index (χ3v) is 4.37. The predicted molar refractivity (Wildman–Crippen MR) is 116 cm³/mol. The number of para-hydroxylation sites is 1. The number of carbonyl (C=O) groups is 1. The second-order valence-electron chi connectivity index (χ2n) is 6.45. The number of amides is 1. The number of hydrogen-bond acceptors (Lipinski definition) is 5. The van der Waals surface area contributed by atoms with Crippen molar-refractivity contribution >= 4 is 12.1 Å². The van der Waals surface area contributed by atoms with Gasteiger partial charge in [0.1, 0.15) is 5.75 Å². The minimum atomic E-state index is -0.545. The Morgan fingerprint density at radius 2 is 1.33 bits per heavy atom. The fourth-order valence-electron chi connectivity index (χ4n) is 2.87. The molecule has 0 unspecified atom stereocenters. The van der Waals surface area contributed by atoms with Crippen molar-refractivity contribution in [2.24, 2.45) is 5.10 Å². The summed E-state index contributed by atoms with van der Waals surface area (Å²) in [6.45, 7) is 0. The van der Waals surface area contributed by atoms with Gasteiger partial charge in [0.05, 0.1) is 17.6 Å². The lowest BCUT2D eigenvalue weighted by Crippen LogP contribution is -2.21. The molecule has 0 bridgehead atoms. The summed E-state index contributed by atoms with van der Waals surface area (Å²) in [4.78, 5) is 21.5. The number of carbonyl (C=O) groups excluding carboxylic acids is 1. The topological polar surface area (TPSA) is 87.5 Å². The molecule has 0 aliphatic rings. The predicted octanol–water partition coefficient (Wildman–Crippen LogP) is 4.28.